The van der Waals surface area contributed by atoms with Crippen LogP contribution in [0.3, 0.4) is 0 Å². The van der Waals surface area contributed by atoms with E-state index in [0.29, 0.717) is 12.2 Å². The van der Waals surface area contributed by atoms with E-state index in [1.54, 1.807) is 11.3 Å². The Balaban J connectivity index is 1.86. The summed E-state index contributed by atoms with van der Waals surface area (Å²) in [5.74, 6) is 0.455. The molecule has 102 valence electrons. The number of benzene rings is 1. The molecule has 1 aromatic carbocycles. The maximum Gasteiger partial charge on any atom is 0.203 e. The Hall–Kier alpha value is -1.39. The average Bonchev–Trinajstić information content (AvgIpc) is 3.05. The monoisotopic (exact) mass is 348 g/mol. The highest BCUT2D eigenvalue weighted by atomic mass is 79.9. The molecule has 2 nitrogen and oxygen atoms in total. The Morgan fingerprint density at radius 3 is 2.75 bits per heavy atom. The summed E-state index contributed by atoms with van der Waals surface area (Å²) in [5, 5.41) is 0.947. The van der Waals surface area contributed by atoms with Crippen LogP contribution < -0.4 is 0 Å². The summed E-state index contributed by atoms with van der Waals surface area (Å²) in [5.41, 5.74) is 0.733. The van der Waals surface area contributed by atoms with Gasteiger partial charge in [0, 0.05) is 21.6 Å². The Kier molecular flexibility index (Phi) is 3.76. The van der Waals surface area contributed by atoms with Crippen molar-refractivity contribution >= 4 is 44.0 Å². The predicted molar refractivity (Wildman–Crippen MR) is 85.6 cm³/mol. The lowest BCUT2D eigenvalue weighted by Gasteiger charge is -1.94. The second kappa shape index (κ2) is 5.54. The third-order valence-electron chi connectivity index (χ3n) is 3.17. The van der Waals surface area contributed by atoms with Crippen LogP contribution in [0, 0.1) is 0 Å². The molecule has 0 bridgehead atoms. The SMILES string of the molecule is CCc1ccc(CC(=O)c2cc3cccc(Br)c3o2)s1. The summed E-state index contributed by atoms with van der Waals surface area (Å²) < 4.78 is 6.55. The van der Waals surface area contributed by atoms with Crippen LogP contribution in [0.4, 0.5) is 0 Å². The van der Waals surface area contributed by atoms with E-state index in [9.17, 15) is 4.79 Å². The van der Waals surface area contributed by atoms with Gasteiger partial charge in [0.15, 0.2) is 5.76 Å². The van der Waals surface area contributed by atoms with Gasteiger partial charge in [-0.05, 0) is 46.6 Å². The minimum atomic E-state index is 0.0256. The van der Waals surface area contributed by atoms with Crippen molar-refractivity contribution in [2.45, 2.75) is 19.8 Å². The van der Waals surface area contributed by atoms with Crippen LogP contribution in [0.1, 0.15) is 27.2 Å². The van der Waals surface area contributed by atoms with Gasteiger partial charge >= 0.3 is 0 Å². The lowest BCUT2D eigenvalue weighted by Crippen LogP contribution is -1.99. The molecule has 2 aromatic heterocycles. The summed E-state index contributed by atoms with van der Waals surface area (Å²) in [6.45, 7) is 2.12. The van der Waals surface area contributed by atoms with Gasteiger partial charge in [-0.1, -0.05) is 19.1 Å². The lowest BCUT2D eigenvalue weighted by molar-refractivity contribution is 0.0969. The van der Waals surface area contributed by atoms with E-state index in [0.717, 1.165) is 26.7 Å². The first-order valence-corrected chi connectivity index (χ1v) is 8.07. The highest BCUT2D eigenvalue weighted by Gasteiger charge is 2.15. The molecule has 2 heterocycles. The van der Waals surface area contributed by atoms with Crippen molar-refractivity contribution in [1.82, 2.24) is 0 Å². The zero-order chi connectivity index (χ0) is 14.1. The summed E-state index contributed by atoms with van der Waals surface area (Å²) in [7, 11) is 0. The number of hydrogen-bond donors (Lipinski definition) is 0. The largest absolute Gasteiger partial charge is 0.452 e. The van der Waals surface area contributed by atoms with Gasteiger partial charge in [-0.15, -0.1) is 11.3 Å². The maximum absolute atomic E-state index is 12.3. The highest BCUT2D eigenvalue weighted by Crippen LogP contribution is 2.28. The highest BCUT2D eigenvalue weighted by molar-refractivity contribution is 9.10. The minimum Gasteiger partial charge on any atom is -0.452 e. The fourth-order valence-electron chi connectivity index (χ4n) is 2.12. The van der Waals surface area contributed by atoms with Gasteiger partial charge < -0.3 is 4.42 Å². The van der Waals surface area contributed by atoms with Crippen LogP contribution in [-0.2, 0) is 12.8 Å². The van der Waals surface area contributed by atoms with E-state index in [-0.39, 0.29) is 5.78 Å². The molecule has 0 spiro atoms. The number of hydrogen-bond acceptors (Lipinski definition) is 3. The zero-order valence-electron chi connectivity index (χ0n) is 11.0. The smallest absolute Gasteiger partial charge is 0.203 e. The molecule has 0 fully saturated rings. The van der Waals surface area contributed by atoms with Gasteiger partial charge in [0.05, 0.1) is 4.47 Å². The Labute approximate surface area is 129 Å². The maximum atomic E-state index is 12.3. The molecule has 0 N–H and O–H groups in total. The molecule has 0 saturated carbocycles. The van der Waals surface area contributed by atoms with E-state index >= 15 is 0 Å². The number of aryl methyl sites for hydroxylation is 1. The number of thiophene rings is 1. The first-order valence-electron chi connectivity index (χ1n) is 6.46. The molecule has 0 saturated heterocycles. The number of rotatable bonds is 4. The van der Waals surface area contributed by atoms with Crippen LogP contribution in [0.2, 0.25) is 0 Å². The van der Waals surface area contributed by atoms with Crippen molar-refractivity contribution in [3.63, 3.8) is 0 Å². The second-order valence-corrected chi connectivity index (χ2v) is 6.70. The molecule has 20 heavy (non-hydrogen) atoms. The van der Waals surface area contributed by atoms with E-state index in [2.05, 4.69) is 28.9 Å². The number of halogens is 1. The Morgan fingerprint density at radius 1 is 1.25 bits per heavy atom. The van der Waals surface area contributed by atoms with Crippen LogP contribution in [0.15, 0.2) is 45.3 Å². The third-order valence-corrected chi connectivity index (χ3v) is 5.03. The number of furan rings is 1. The number of carbonyl (C=O) groups is 1. The Morgan fingerprint density at radius 2 is 2.05 bits per heavy atom. The lowest BCUT2D eigenvalue weighted by atomic mass is 10.2. The first kappa shape index (κ1) is 13.6. The second-order valence-electron chi connectivity index (χ2n) is 4.59. The fraction of sp³-hybridized carbons (Fsp3) is 0.188. The van der Waals surface area contributed by atoms with E-state index in [4.69, 9.17) is 4.42 Å². The van der Waals surface area contributed by atoms with Crippen LogP contribution in [-0.4, -0.2) is 5.78 Å². The quantitative estimate of drug-likeness (QED) is 0.603. The van der Waals surface area contributed by atoms with Crippen molar-refractivity contribution in [2.75, 3.05) is 0 Å². The van der Waals surface area contributed by atoms with Gasteiger partial charge in [0.25, 0.3) is 0 Å². The molecule has 0 aliphatic heterocycles. The van der Waals surface area contributed by atoms with Gasteiger partial charge in [-0.2, -0.15) is 0 Å². The number of fused-ring (bicyclic) bond motifs is 1. The van der Waals surface area contributed by atoms with Gasteiger partial charge in [-0.25, -0.2) is 0 Å². The molecule has 0 radical (unpaired) electrons. The van der Waals surface area contributed by atoms with E-state index < -0.39 is 0 Å². The summed E-state index contributed by atoms with van der Waals surface area (Å²) in [6, 6.07) is 11.7. The van der Waals surface area contributed by atoms with Crippen LogP contribution >= 0.6 is 27.3 Å². The van der Waals surface area contributed by atoms with Crippen molar-refractivity contribution in [1.29, 1.82) is 0 Å². The average molecular weight is 349 g/mol. The first-order chi connectivity index (χ1) is 9.67. The van der Waals surface area contributed by atoms with E-state index in [1.165, 1.54) is 4.88 Å². The van der Waals surface area contributed by atoms with Gasteiger partial charge in [0.1, 0.15) is 5.58 Å². The standard InChI is InChI=1S/C16H13BrO2S/c1-2-11-6-7-12(20-11)9-14(18)15-8-10-4-3-5-13(17)16(10)19-15/h3-8H,2,9H2,1H3. The zero-order valence-corrected chi connectivity index (χ0v) is 13.4. The number of para-hydroxylation sites is 1. The number of ketones is 1. The summed E-state index contributed by atoms with van der Waals surface area (Å²) in [4.78, 5) is 14.7. The van der Waals surface area contributed by atoms with E-state index in [1.807, 2.05) is 30.3 Å². The molecule has 0 aliphatic carbocycles. The number of carbonyl (C=O) groups excluding carboxylic acids is 1. The molecule has 0 atom stereocenters. The van der Waals surface area contributed by atoms with Crippen molar-refractivity contribution < 1.29 is 9.21 Å². The molecular weight excluding hydrogens is 336 g/mol. The fourth-order valence-corrected chi connectivity index (χ4v) is 3.54. The van der Waals surface area contributed by atoms with Crippen molar-refractivity contribution in [2.24, 2.45) is 0 Å². The molecule has 0 amide bonds. The summed E-state index contributed by atoms with van der Waals surface area (Å²) in [6.07, 6.45) is 1.42. The molecule has 3 rings (SSSR count). The Bertz CT molecular complexity index is 770. The normalized spacial score (nSPS) is 11.1. The van der Waals surface area contributed by atoms with Crippen LogP contribution in [0.25, 0.3) is 11.0 Å². The van der Waals surface area contributed by atoms with Gasteiger partial charge in [0.2, 0.25) is 5.78 Å². The minimum absolute atomic E-state index is 0.0256. The van der Waals surface area contributed by atoms with Crippen molar-refractivity contribution in [3.05, 3.63) is 56.4 Å². The molecule has 0 unspecified atom stereocenters. The molecule has 0 aliphatic rings. The van der Waals surface area contributed by atoms with Crippen LogP contribution in [0.5, 0.6) is 0 Å². The predicted octanol–water partition coefficient (Wildman–Crippen LogP) is 5.24. The third kappa shape index (κ3) is 2.58. The topological polar surface area (TPSA) is 30.2 Å². The van der Waals surface area contributed by atoms with Gasteiger partial charge in [-0.3, -0.25) is 4.79 Å². The molecular formula is C16H13BrO2S. The van der Waals surface area contributed by atoms with Crippen molar-refractivity contribution in [3.8, 4) is 0 Å². The molecule has 4 heteroatoms. The summed E-state index contributed by atoms with van der Waals surface area (Å²) >= 11 is 5.13. The molecule has 3 aromatic rings. The number of Topliss-reactive ketones (excluding diaryl/α,β-unsaturated/α-hetero) is 1.